The van der Waals surface area contributed by atoms with Crippen molar-refractivity contribution in [2.24, 2.45) is 0 Å². The van der Waals surface area contributed by atoms with E-state index in [2.05, 4.69) is 5.32 Å². The molecule has 1 amide bonds. The zero-order chi connectivity index (χ0) is 8.27. The summed E-state index contributed by atoms with van der Waals surface area (Å²) in [5.41, 5.74) is 0. The van der Waals surface area contributed by atoms with Gasteiger partial charge in [-0.3, -0.25) is 4.79 Å². The van der Waals surface area contributed by atoms with Gasteiger partial charge in [-0.15, -0.1) is 0 Å². The fourth-order valence-electron chi connectivity index (χ4n) is 1.17. The first kappa shape index (κ1) is 8.55. The van der Waals surface area contributed by atoms with Crippen molar-refractivity contribution in [2.75, 3.05) is 6.61 Å². The normalized spacial score (nSPS) is 24.9. The molecule has 0 aromatic rings. The Hall–Kier alpha value is -0.545. The average Bonchev–Trinajstić information content (AvgIpc) is 1.93. The molecule has 0 aromatic heterocycles. The molecule has 1 aliphatic heterocycles. The molecule has 4 nitrogen and oxygen atoms in total. The van der Waals surface area contributed by atoms with Gasteiger partial charge in [0, 0.05) is 13.5 Å². The Bertz CT molecular complexity index is 153. The van der Waals surface area contributed by atoms with E-state index < -0.39 is 7.12 Å². The van der Waals surface area contributed by atoms with E-state index in [4.69, 9.17) is 4.65 Å². The van der Waals surface area contributed by atoms with E-state index in [9.17, 15) is 9.82 Å². The van der Waals surface area contributed by atoms with Gasteiger partial charge in [0.2, 0.25) is 5.91 Å². The molecule has 0 aromatic carbocycles. The van der Waals surface area contributed by atoms with Gasteiger partial charge in [0.05, 0.1) is 5.94 Å². The second-order valence-corrected chi connectivity index (χ2v) is 2.71. The van der Waals surface area contributed by atoms with Gasteiger partial charge in [-0.1, -0.05) is 0 Å². The number of carbonyl (C=O) groups excluding carboxylic acids is 1. The third-order valence-electron chi connectivity index (χ3n) is 1.68. The number of nitrogens with one attached hydrogen (secondary N) is 1. The molecule has 62 valence electrons. The van der Waals surface area contributed by atoms with Crippen LogP contribution in [-0.2, 0) is 9.45 Å². The van der Waals surface area contributed by atoms with E-state index in [0.717, 1.165) is 12.8 Å². The van der Waals surface area contributed by atoms with Crippen molar-refractivity contribution >= 4 is 13.0 Å². The third-order valence-corrected chi connectivity index (χ3v) is 1.68. The van der Waals surface area contributed by atoms with Crippen LogP contribution in [0.4, 0.5) is 0 Å². The minimum absolute atomic E-state index is 0.125. The SMILES string of the molecule is CC(=O)N[C@H]1CCCOB1O. The quantitative estimate of drug-likeness (QED) is 0.496. The van der Waals surface area contributed by atoms with Crippen LogP contribution in [0.2, 0.25) is 0 Å². The average molecular weight is 157 g/mol. The highest BCUT2D eigenvalue weighted by atomic mass is 16.5. The number of amides is 1. The van der Waals surface area contributed by atoms with Crippen molar-refractivity contribution in [1.29, 1.82) is 0 Å². The summed E-state index contributed by atoms with van der Waals surface area (Å²) in [4.78, 5) is 10.6. The molecule has 5 heteroatoms. The van der Waals surface area contributed by atoms with Gasteiger partial charge in [0.25, 0.3) is 0 Å². The van der Waals surface area contributed by atoms with Crippen molar-refractivity contribution in [2.45, 2.75) is 25.7 Å². The molecule has 1 heterocycles. The van der Waals surface area contributed by atoms with Crippen LogP contribution in [0.5, 0.6) is 0 Å². The number of carbonyl (C=O) groups is 1. The lowest BCUT2D eigenvalue weighted by atomic mass is 9.74. The first-order valence-corrected chi connectivity index (χ1v) is 3.77. The van der Waals surface area contributed by atoms with E-state index in [-0.39, 0.29) is 11.8 Å². The van der Waals surface area contributed by atoms with Crippen LogP contribution in [-0.4, -0.2) is 30.6 Å². The molecule has 1 atom stereocenters. The maximum Gasteiger partial charge on any atom is 0.478 e. The van der Waals surface area contributed by atoms with Gasteiger partial charge in [0.1, 0.15) is 0 Å². The molecule has 1 aliphatic rings. The van der Waals surface area contributed by atoms with Gasteiger partial charge in [-0.05, 0) is 12.8 Å². The number of hydrogen-bond acceptors (Lipinski definition) is 3. The Morgan fingerprint density at radius 2 is 2.55 bits per heavy atom. The maximum absolute atomic E-state index is 10.6. The molecule has 0 saturated carbocycles. The summed E-state index contributed by atoms with van der Waals surface area (Å²) >= 11 is 0. The molecule has 0 unspecified atom stereocenters. The molecule has 2 N–H and O–H groups in total. The zero-order valence-corrected chi connectivity index (χ0v) is 6.54. The molecule has 0 aliphatic carbocycles. The monoisotopic (exact) mass is 157 g/mol. The third kappa shape index (κ3) is 2.51. The van der Waals surface area contributed by atoms with Gasteiger partial charge >= 0.3 is 7.12 Å². The molecule has 1 rings (SSSR count). The van der Waals surface area contributed by atoms with Crippen molar-refractivity contribution in [3.63, 3.8) is 0 Å². The lowest BCUT2D eigenvalue weighted by Gasteiger charge is -2.24. The minimum Gasteiger partial charge on any atom is -0.426 e. The van der Waals surface area contributed by atoms with Crippen LogP contribution in [0, 0.1) is 0 Å². The molecule has 1 fully saturated rings. The smallest absolute Gasteiger partial charge is 0.426 e. The Labute approximate surface area is 66.1 Å². The second kappa shape index (κ2) is 3.73. The summed E-state index contributed by atoms with van der Waals surface area (Å²) in [5.74, 6) is -0.346. The Morgan fingerprint density at radius 3 is 3.09 bits per heavy atom. The highest BCUT2D eigenvalue weighted by Gasteiger charge is 2.30. The van der Waals surface area contributed by atoms with E-state index in [0.29, 0.717) is 6.61 Å². The van der Waals surface area contributed by atoms with Crippen molar-refractivity contribution in [3.05, 3.63) is 0 Å². The molecule has 1 saturated heterocycles. The van der Waals surface area contributed by atoms with Crippen LogP contribution >= 0.6 is 0 Å². The predicted octanol–water partition coefficient (Wildman–Crippen LogP) is -0.679. The summed E-state index contributed by atoms with van der Waals surface area (Å²) in [7, 11) is -0.826. The fraction of sp³-hybridized carbons (Fsp3) is 0.833. The Morgan fingerprint density at radius 1 is 1.82 bits per heavy atom. The van der Waals surface area contributed by atoms with Crippen LogP contribution in [0.3, 0.4) is 0 Å². The highest BCUT2D eigenvalue weighted by molar-refractivity contribution is 6.45. The second-order valence-electron chi connectivity index (χ2n) is 2.71. The summed E-state index contributed by atoms with van der Waals surface area (Å²) in [6, 6.07) is 0. The molecule has 0 spiro atoms. The van der Waals surface area contributed by atoms with Crippen molar-refractivity contribution in [3.8, 4) is 0 Å². The lowest BCUT2D eigenvalue weighted by molar-refractivity contribution is -0.119. The van der Waals surface area contributed by atoms with Gasteiger partial charge in [-0.25, -0.2) is 0 Å². The highest BCUT2D eigenvalue weighted by Crippen LogP contribution is 2.08. The summed E-state index contributed by atoms with van der Waals surface area (Å²) < 4.78 is 4.93. The lowest BCUT2D eigenvalue weighted by Crippen LogP contribution is -2.49. The molecular formula is C6H12BNO3. The molecular weight excluding hydrogens is 145 g/mol. The van der Waals surface area contributed by atoms with E-state index in [1.165, 1.54) is 6.92 Å². The minimum atomic E-state index is -0.826. The van der Waals surface area contributed by atoms with Gasteiger partial charge in [-0.2, -0.15) is 0 Å². The van der Waals surface area contributed by atoms with Crippen LogP contribution in [0.1, 0.15) is 19.8 Å². The van der Waals surface area contributed by atoms with Crippen LogP contribution in [0.15, 0.2) is 0 Å². The Kier molecular flexibility index (Phi) is 2.90. The summed E-state index contributed by atoms with van der Waals surface area (Å²) in [6.07, 6.45) is 1.68. The maximum atomic E-state index is 10.6. The van der Waals surface area contributed by atoms with Crippen molar-refractivity contribution < 1.29 is 14.5 Å². The number of hydrogen-bond donors (Lipinski definition) is 2. The van der Waals surface area contributed by atoms with E-state index in [1.54, 1.807) is 0 Å². The Balaban J connectivity index is 2.35. The largest absolute Gasteiger partial charge is 0.478 e. The first-order valence-electron chi connectivity index (χ1n) is 3.77. The molecule has 0 radical (unpaired) electrons. The van der Waals surface area contributed by atoms with Crippen molar-refractivity contribution in [1.82, 2.24) is 5.32 Å². The molecule has 0 bridgehead atoms. The fourth-order valence-corrected chi connectivity index (χ4v) is 1.17. The van der Waals surface area contributed by atoms with Crippen LogP contribution in [0.25, 0.3) is 0 Å². The van der Waals surface area contributed by atoms with Gasteiger partial charge < -0.3 is 15.0 Å². The summed E-state index contributed by atoms with van der Waals surface area (Å²) in [5, 5.41) is 11.8. The topological polar surface area (TPSA) is 58.6 Å². The van der Waals surface area contributed by atoms with Crippen LogP contribution < -0.4 is 5.32 Å². The number of rotatable bonds is 1. The first-order chi connectivity index (χ1) is 5.20. The standard InChI is InChI=1S/C6H12BNO3/c1-5(9)8-6-3-2-4-11-7(6)10/h6,10H,2-4H2,1H3,(H,8,9)/t6-/m0/s1. The summed E-state index contributed by atoms with van der Waals surface area (Å²) in [6.45, 7) is 2.01. The predicted molar refractivity (Wildman–Crippen MR) is 40.8 cm³/mol. The zero-order valence-electron chi connectivity index (χ0n) is 6.54. The molecule has 11 heavy (non-hydrogen) atoms. The van der Waals surface area contributed by atoms with E-state index >= 15 is 0 Å². The van der Waals surface area contributed by atoms with E-state index in [1.807, 2.05) is 0 Å². The van der Waals surface area contributed by atoms with Gasteiger partial charge in [0.15, 0.2) is 0 Å².